The monoisotopic (exact) mass is 546 g/mol. The van der Waals surface area contributed by atoms with Gasteiger partial charge in [-0.05, 0) is 36.4 Å². The lowest BCUT2D eigenvalue weighted by atomic mass is 10.1. The van der Waals surface area contributed by atoms with E-state index in [2.05, 4.69) is 4.98 Å². The highest BCUT2D eigenvalue weighted by molar-refractivity contribution is 5.92. The topological polar surface area (TPSA) is 129 Å². The molecule has 1 N–H and O–H groups in total. The number of carbonyl (C=O) groups is 1. The van der Waals surface area contributed by atoms with Crippen molar-refractivity contribution in [1.29, 1.82) is 5.26 Å². The van der Waals surface area contributed by atoms with Gasteiger partial charge >= 0.3 is 5.97 Å². The number of rotatable bonds is 10. The Kier molecular flexibility index (Phi) is 8.31. The van der Waals surface area contributed by atoms with Crippen LogP contribution < -0.4 is 4.74 Å². The van der Waals surface area contributed by atoms with E-state index >= 15 is 0 Å². The van der Waals surface area contributed by atoms with Gasteiger partial charge in [-0.3, -0.25) is 0 Å². The van der Waals surface area contributed by atoms with E-state index in [1.807, 2.05) is 10.6 Å². The van der Waals surface area contributed by atoms with Gasteiger partial charge < -0.3 is 28.6 Å². The smallest absolute Gasteiger partial charge is 0.335 e. The van der Waals surface area contributed by atoms with Crippen LogP contribution in [0.1, 0.15) is 39.3 Å². The summed E-state index contributed by atoms with van der Waals surface area (Å²) < 4.78 is 39.1. The van der Waals surface area contributed by atoms with Crippen LogP contribution in [0.15, 0.2) is 54.6 Å². The Morgan fingerprint density at radius 3 is 2.73 bits per heavy atom. The van der Waals surface area contributed by atoms with Gasteiger partial charge in [-0.25, -0.2) is 19.2 Å². The predicted molar refractivity (Wildman–Crippen MR) is 140 cm³/mol. The molecule has 3 heterocycles. The van der Waals surface area contributed by atoms with Gasteiger partial charge in [0.2, 0.25) is 12.2 Å². The van der Waals surface area contributed by atoms with Gasteiger partial charge in [-0.2, -0.15) is 5.26 Å². The minimum Gasteiger partial charge on any atom is -0.478 e. The van der Waals surface area contributed by atoms with Gasteiger partial charge in [0.15, 0.2) is 0 Å². The largest absolute Gasteiger partial charge is 0.478 e. The Balaban J connectivity index is 1.22. The summed E-state index contributed by atoms with van der Waals surface area (Å²) in [6, 6.07) is 16.2. The van der Waals surface area contributed by atoms with Crippen LogP contribution >= 0.6 is 0 Å². The van der Waals surface area contributed by atoms with Crippen molar-refractivity contribution in [3.63, 3.8) is 0 Å². The third-order valence-corrected chi connectivity index (χ3v) is 6.58. The van der Waals surface area contributed by atoms with E-state index in [-0.39, 0.29) is 23.7 Å². The molecule has 1 fully saturated rings. The molecule has 0 amide bonds. The molecule has 5 rings (SSSR count). The average Bonchev–Trinajstić information content (AvgIpc) is 3.31. The summed E-state index contributed by atoms with van der Waals surface area (Å²) in [6.45, 7) is 1.76. The highest BCUT2D eigenvalue weighted by atomic mass is 19.1. The Hall–Kier alpha value is -4.37. The standard InChI is InChI=1S/C29H27FN4O6/c1-37-10-9-34-25-13-20(28(35)36)7-8-23(25)32-26(34)12-19-15-39-29(40-16-19)24-3-2-4-27(33-24)38-17-21-6-5-18(14-31)11-22(21)30/h2-8,11,13,19,29H,9-10,12,15-17H2,1H3,(H,35,36). The Labute approximate surface area is 229 Å². The first-order valence-electron chi connectivity index (χ1n) is 12.7. The number of benzene rings is 2. The quantitative estimate of drug-likeness (QED) is 0.310. The molecule has 1 aliphatic rings. The van der Waals surface area contributed by atoms with E-state index in [4.69, 9.17) is 29.2 Å². The van der Waals surface area contributed by atoms with Crippen molar-refractivity contribution < 1.29 is 33.2 Å². The van der Waals surface area contributed by atoms with E-state index < -0.39 is 18.1 Å². The van der Waals surface area contributed by atoms with Crippen LogP contribution in [-0.2, 0) is 33.8 Å². The molecule has 0 aliphatic carbocycles. The second kappa shape index (κ2) is 12.2. The third kappa shape index (κ3) is 6.10. The van der Waals surface area contributed by atoms with Gasteiger partial charge in [0.25, 0.3) is 0 Å². The first-order chi connectivity index (χ1) is 19.4. The molecule has 1 saturated heterocycles. The molecular formula is C29H27FN4O6. The summed E-state index contributed by atoms with van der Waals surface area (Å²) >= 11 is 0. The van der Waals surface area contributed by atoms with Crippen LogP contribution in [0, 0.1) is 23.1 Å². The molecule has 0 atom stereocenters. The zero-order chi connectivity index (χ0) is 28.1. The molecule has 2 aromatic heterocycles. The van der Waals surface area contributed by atoms with Crippen LogP contribution in [0.2, 0.25) is 0 Å². The Morgan fingerprint density at radius 2 is 2.00 bits per heavy atom. The number of fused-ring (bicyclic) bond motifs is 1. The second-order valence-electron chi connectivity index (χ2n) is 9.36. The summed E-state index contributed by atoms with van der Waals surface area (Å²) in [5.41, 5.74) is 2.74. The number of aromatic nitrogens is 3. The minimum atomic E-state index is -0.993. The number of nitriles is 1. The van der Waals surface area contributed by atoms with Crippen molar-refractivity contribution in [2.24, 2.45) is 5.92 Å². The zero-order valence-corrected chi connectivity index (χ0v) is 21.7. The lowest BCUT2D eigenvalue weighted by Crippen LogP contribution is -2.30. The highest BCUT2D eigenvalue weighted by Gasteiger charge is 2.27. The maximum absolute atomic E-state index is 14.2. The minimum absolute atomic E-state index is 0.0205. The molecule has 0 unspecified atom stereocenters. The van der Waals surface area contributed by atoms with Crippen molar-refractivity contribution in [3.05, 3.63) is 88.6 Å². The van der Waals surface area contributed by atoms with Crippen molar-refractivity contribution in [2.45, 2.75) is 25.9 Å². The first kappa shape index (κ1) is 27.2. The number of methoxy groups -OCH3 is 1. The van der Waals surface area contributed by atoms with Crippen molar-refractivity contribution in [2.75, 3.05) is 26.9 Å². The first-order valence-corrected chi connectivity index (χ1v) is 12.7. The fourth-order valence-corrected chi connectivity index (χ4v) is 4.51. The summed E-state index contributed by atoms with van der Waals surface area (Å²) in [7, 11) is 1.61. The van der Waals surface area contributed by atoms with Crippen molar-refractivity contribution in [1.82, 2.24) is 14.5 Å². The number of carboxylic acids is 1. The molecule has 0 spiro atoms. The summed E-state index contributed by atoms with van der Waals surface area (Å²) in [6.07, 6.45) is -0.114. The third-order valence-electron chi connectivity index (χ3n) is 6.58. The number of hydrogen-bond acceptors (Lipinski definition) is 8. The van der Waals surface area contributed by atoms with Gasteiger partial charge in [0, 0.05) is 37.6 Å². The van der Waals surface area contributed by atoms with Gasteiger partial charge in [-0.15, -0.1) is 0 Å². The number of hydrogen-bond donors (Lipinski definition) is 1. The number of halogens is 1. The molecule has 0 bridgehead atoms. The maximum atomic E-state index is 14.2. The summed E-state index contributed by atoms with van der Waals surface area (Å²) in [5, 5.41) is 18.3. The molecule has 40 heavy (non-hydrogen) atoms. The molecule has 11 heteroatoms. The SMILES string of the molecule is COCCn1c(CC2COC(c3cccc(OCc4ccc(C#N)cc4F)n3)OC2)nc2ccc(C(=O)O)cc21. The van der Waals surface area contributed by atoms with E-state index in [9.17, 15) is 14.3 Å². The summed E-state index contributed by atoms with van der Waals surface area (Å²) in [5.74, 6) is -0.394. The fraction of sp³-hybridized carbons (Fsp3) is 0.310. The normalized spacial score (nSPS) is 17.0. The molecule has 206 valence electrons. The maximum Gasteiger partial charge on any atom is 0.335 e. The summed E-state index contributed by atoms with van der Waals surface area (Å²) in [4.78, 5) is 20.7. The van der Waals surface area contributed by atoms with Crippen LogP contribution in [-0.4, -0.2) is 52.5 Å². The van der Waals surface area contributed by atoms with Crippen LogP contribution in [0.25, 0.3) is 11.0 Å². The number of imidazole rings is 1. The number of ether oxygens (including phenoxy) is 4. The average molecular weight is 547 g/mol. The van der Waals surface area contributed by atoms with E-state index in [0.717, 1.165) is 11.3 Å². The second-order valence-corrected chi connectivity index (χ2v) is 9.36. The zero-order valence-electron chi connectivity index (χ0n) is 21.7. The van der Waals surface area contributed by atoms with Crippen LogP contribution in [0.5, 0.6) is 5.88 Å². The lowest BCUT2D eigenvalue weighted by Gasteiger charge is -2.29. The number of nitrogens with zero attached hydrogens (tertiary/aromatic N) is 4. The molecule has 0 saturated carbocycles. The molecule has 0 radical (unpaired) electrons. The van der Waals surface area contributed by atoms with E-state index in [1.54, 1.807) is 43.5 Å². The number of carboxylic acid groups (broad SMARTS) is 1. The molecular weight excluding hydrogens is 519 g/mol. The van der Waals surface area contributed by atoms with E-state index in [1.165, 1.54) is 18.2 Å². The number of aromatic carboxylic acids is 1. The molecule has 10 nitrogen and oxygen atoms in total. The molecule has 2 aromatic carbocycles. The Morgan fingerprint density at radius 1 is 1.18 bits per heavy atom. The Bertz CT molecular complexity index is 1560. The van der Waals surface area contributed by atoms with Crippen LogP contribution in [0.4, 0.5) is 4.39 Å². The van der Waals surface area contributed by atoms with Crippen LogP contribution in [0.3, 0.4) is 0 Å². The van der Waals surface area contributed by atoms with E-state index in [0.29, 0.717) is 55.4 Å². The van der Waals surface area contributed by atoms with Crippen molar-refractivity contribution >= 4 is 17.0 Å². The van der Waals surface area contributed by atoms with Gasteiger partial charge in [0.05, 0.1) is 48.1 Å². The lowest BCUT2D eigenvalue weighted by molar-refractivity contribution is -0.207. The van der Waals surface area contributed by atoms with Gasteiger partial charge in [0.1, 0.15) is 23.9 Å². The fourth-order valence-electron chi connectivity index (χ4n) is 4.51. The van der Waals surface area contributed by atoms with Crippen molar-refractivity contribution in [3.8, 4) is 11.9 Å². The molecule has 4 aromatic rings. The number of pyridine rings is 1. The molecule has 1 aliphatic heterocycles. The predicted octanol–water partition coefficient (Wildman–Crippen LogP) is 4.27. The highest BCUT2D eigenvalue weighted by Crippen LogP contribution is 2.28. The van der Waals surface area contributed by atoms with Gasteiger partial charge in [-0.1, -0.05) is 12.1 Å².